The largest absolute Gasteiger partial charge is 0.493 e. The number of hydrogen-bond acceptors (Lipinski definition) is 4. The number of alkyl halides is 1. The second-order valence-corrected chi connectivity index (χ2v) is 6.64. The van der Waals surface area contributed by atoms with Crippen molar-refractivity contribution in [2.24, 2.45) is 5.41 Å². The van der Waals surface area contributed by atoms with Gasteiger partial charge in [-0.15, -0.1) is 0 Å². The van der Waals surface area contributed by atoms with Crippen LogP contribution in [0.4, 0.5) is 0 Å². The van der Waals surface area contributed by atoms with Crippen LogP contribution in [0.2, 0.25) is 0 Å². The molecule has 0 radical (unpaired) electrons. The van der Waals surface area contributed by atoms with Gasteiger partial charge in [-0.2, -0.15) is 0 Å². The third-order valence-corrected chi connectivity index (χ3v) is 5.97. The van der Waals surface area contributed by atoms with Crippen molar-refractivity contribution in [3.63, 3.8) is 0 Å². The summed E-state index contributed by atoms with van der Waals surface area (Å²) in [6.45, 7) is 4.44. The molecule has 1 aliphatic carbocycles. The van der Waals surface area contributed by atoms with E-state index in [1.807, 2.05) is 12.1 Å². The van der Waals surface area contributed by atoms with Crippen molar-refractivity contribution < 1.29 is 18.9 Å². The Labute approximate surface area is 134 Å². The second-order valence-electron chi connectivity index (χ2n) is 5.53. The van der Waals surface area contributed by atoms with Crippen molar-refractivity contribution >= 4 is 15.9 Å². The Bertz CT molecular complexity index is 480. The maximum absolute atomic E-state index is 6.17. The Hall–Kier alpha value is -1.10. The van der Waals surface area contributed by atoms with Gasteiger partial charge in [-0.05, 0) is 12.8 Å². The minimum atomic E-state index is 0.153. The molecule has 1 aromatic rings. The van der Waals surface area contributed by atoms with Gasteiger partial charge < -0.3 is 18.9 Å². The highest BCUT2D eigenvalue weighted by molar-refractivity contribution is 9.09. The monoisotopic (exact) mass is 358 g/mol. The normalized spacial score (nSPS) is 27.7. The van der Waals surface area contributed by atoms with Crippen LogP contribution < -0.4 is 18.9 Å². The minimum absolute atomic E-state index is 0.153. The molecule has 0 heterocycles. The SMILES string of the molecule is CCC1(C)C(Br)CC1Oc1cc(OC)c(OC)c(OC)c1. The molecule has 0 spiro atoms. The molecule has 2 rings (SSSR count). The molecule has 118 valence electrons. The summed E-state index contributed by atoms with van der Waals surface area (Å²) in [4.78, 5) is 0.502. The van der Waals surface area contributed by atoms with Crippen molar-refractivity contribution in [1.29, 1.82) is 0 Å². The molecular formula is C16H23BrO4. The Morgan fingerprint density at radius 2 is 1.71 bits per heavy atom. The summed E-state index contributed by atoms with van der Waals surface area (Å²) in [5, 5.41) is 0. The van der Waals surface area contributed by atoms with Crippen LogP contribution in [0.5, 0.6) is 23.0 Å². The van der Waals surface area contributed by atoms with Gasteiger partial charge >= 0.3 is 0 Å². The first kappa shape index (κ1) is 16.3. The highest BCUT2D eigenvalue weighted by Gasteiger charge is 2.51. The van der Waals surface area contributed by atoms with E-state index >= 15 is 0 Å². The van der Waals surface area contributed by atoms with Crippen LogP contribution in [0.15, 0.2) is 12.1 Å². The smallest absolute Gasteiger partial charge is 0.203 e. The van der Waals surface area contributed by atoms with Crippen LogP contribution in [-0.2, 0) is 0 Å². The fourth-order valence-corrected chi connectivity index (χ4v) is 3.65. The summed E-state index contributed by atoms with van der Waals surface area (Å²) in [5.41, 5.74) is 0.153. The van der Waals surface area contributed by atoms with E-state index in [1.165, 1.54) is 0 Å². The molecule has 1 fully saturated rings. The van der Waals surface area contributed by atoms with Crippen LogP contribution in [-0.4, -0.2) is 32.3 Å². The Morgan fingerprint density at radius 1 is 1.14 bits per heavy atom. The zero-order valence-electron chi connectivity index (χ0n) is 13.2. The summed E-state index contributed by atoms with van der Waals surface area (Å²) in [7, 11) is 4.81. The fourth-order valence-electron chi connectivity index (χ4n) is 2.69. The molecule has 21 heavy (non-hydrogen) atoms. The minimum Gasteiger partial charge on any atom is -0.493 e. The van der Waals surface area contributed by atoms with Crippen LogP contribution in [0.1, 0.15) is 26.7 Å². The van der Waals surface area contributed by atoms with Crippen LogP contribution in [0.25, 0.3) is 0 Å². The van der Waals surface area contributed by atoms with Crippen molar-refractivity contribution in [3.05, 3.63) is 12.1 Å². The molecule has 3 atom stereocenters. The molecule has 5 heteroatoms. The van der Waals surface area contributed by atoms with Gasteiger partial charge in [0, 0.05) is 22.4 Å². The van der Waals surface area contributed by atoms with E-state index in [0.29, 0.717) is 22.1 Å². The first-order valence-electron chi connectivity index (χ1n) is 7.10. The molecule has 0 bridgehead atoms. The number of ether oxygens (including phenoxy) is 4. The van der Waals surface area contributed by atoms with Crippen molar-refractivity contribution in [2.75, 3.05) is 21.3 Å². The maximum Gasteiger partial charge on any atom is 0.203 e. The molecule has 3 unspecified atom stereocenters. The summed E-state index contributed by atoms with van der Waals surface area (Å²) in [6, 6.07) is 3.69. The van der Waals surface area contributed by atoms with E-state index in [2.05, 4.69) is 29.8 Å². The molecule has 1 aliphatic rings. The number of methoxy groups -OCH3 is 3. The summed E-state index contributed by atoms with van der Waals surface area (Å²) in [6.07, 6.45) is 2.26. The van der Waals surface area contributed by atoms with Crippen LogP contribution in [0, 0.1) is 5.41 Å². The van der Waals surface area contributed by atoms with Gasteiger partial charge in [0.1, 0.15) is 11.9 Å². The lowest BCUT2D eigenvalue weighted by molar-refractivity contribution is -0.0245. The van der Waals surface area contributed by atoms with Gasteiger partial charge in [-0.25, -0.2) is 0 Å². The number of rotatable bonds is 6. The molecule has 0 N–H and O–H groups in total. The summed E-state index contributed by atoms with van der Waals surface area (Å²) < 4.78 is 22.2. The van der Waals surface area contributed by atoms with E-state index in [9.17, 15) is 0 Å². The topological polar surface area (TPSA) is 36.9 Å². The van der Waals surface area contributed by atoms with Gasteiger partial charge in [-0.3, -0.25) is 0 Å². The molecule has 1 aromatic carbocycles. The Balaban J connectivity index is 2.25. The first-order chi connectivity index (χ1) is 9.99. The predicted octanol–water partition coefficient (Wildman–Crippen LogP) is 4.04. The zero-order valence-corrected chi connectivity index (χ0v) is 14.8. The Kier molecular flexibility index (Phi) is 4.91. The van der Waals surface area contributed by atoms with E-state index in [1.54, 1.807) is 21.3 Å². The predicted molar refractivity (Wildman–Crippen MR) is 86.2 cm³/mol. The lowest BCUT2D eigenvalue weighted by Gasteiger charge is -2.50. The van der Waals surface area contributed by atoms with Gasteiger partial charge in [0.15, 0.2) is 11.5 Å². The summed E-state index contributed by atoms with van der Waals surface area (Å²) >= 11 is 3.73. The van der Waals surface area contributed by atoms with Gasteiger partial charge in [0.25, 0.3) is 0 Å². The Morgan fingerprint density at radius 3 is 2.10 bits per heavy atom. The zero-order chi connectivity index (χ0) is 15.6. The van der Waals surface area contributed by atoms with E-state index < -0.39 is 0 Å². The summed E-state index contributed by atoms with van der Waals surface area (Å²) in [5.74, 6) is 2.55. The highest BCUT2D eigenvalue weighted by Crippen LogP contribution is 2.51. The average molecular weight is 359 g/mol. The second kappa shape index (κ2) is 6.34. The molecule has 1 saturated carbocycles. The first-order valence-corrected chi connectivity index (χ1v) is 8.02. The average Bonchev–Trinajstić information content (AvgIpc) is 2.52. The highest BCUT2D eigenvalue weighted by atomic mass is 79.9. The van der Waals surface area contributed by atoms with E-state index in [0.717, 1.165) is 18.6 Å². The number of hydrogen-bond donors (Lipinski definition) is 0. The fraction of sp³-hybridized carbons (Fsp3) is 0.625. The lowest BCUT2D eigenvalue weighted by atomic mass is 9.65. The molecular weight excluding hydrogens is 336 g/mol. The molecule has 0 aliphatic heterocycles. The molecule has 4 nitrogen and oxygen atoms in total. The van der Waals surface area contributed by atoms with Crippen molar-refractivity contribution in [1.82, 2.24) is 0 Å². The standard InChI is InChI=1S/C16H23BrO4/c1-6-16(2)13(17)9-14(16)21-10-7-11(18-3)15(20-5)12(8-10)19-4/h7-8,13-14H,6,9H2,1-5H3. The van der Waals surface area contributed by atoms with E-state index in [4.69, 9.17) is 18.9 Å². The van der Waals surface area contributed by atoms with Gasteiger partial charge in [0.2, 0.25) is 5.75 Å². The maximum atomic E-state index is 6.17. The number of benzene rings is 1. The van der Waals surface area contributed by atoms with E-state index in [-0.39, 0.29) is 11.5 Å². The van der Waals surface area contributed by atoms with Crippen LogP contribution >= 0.6 is 15.9 Å². The third-order valence-electron chi connectivity index (χ3n) is 4.55. The van der Waals surface area contributed by atoms with Crippen molar-refractivity contribution in [3.8, 4) is 23.0 Å². The third kappa shape index (κ3) is 2.80. The molecule has 0 saturated heterocycles. The lowest BCUT2D eigenvalue weighted by Crippen LogP contribution is -2.54. The van der Waals surface area contributed by atoms with Crippen molar-refractivity contribution in [2.45, 2.75) is 37.6 Å². The molecule has 0 amide bonds. The van der Waals surface area contributed by atoms with Crippen LogP contribution in [0.3, 0.4) is 0 Å². The van der Waals surface area contributed by atoms with Gasteiger partial charge in [0.05, 0.1) is 21.3 Å². The molecule has 0 aromatic heterocycles. The van der Waals surface area contributed by atoms with Gasteiger partial charge in [-0.1, -0.05) is 29.8 Å². The quantitative estimate of drug-likeness (QED) is 0.719. The number of halogens is 1.